The lowest BCUT2D eigenvalue weighted by molar-refractivity contribution is 0.453. The van der Waals surface area contributed by atoms with Gasteiger partial charge in [0, 0.05) is 37.8 Å². The molecule has 0 spiro atoms. The third-order valence-electron chi connectivity index (χ3n) is 3.79. The van der Waals surface area contributed by atoms with Crippen LogP contribution in [0.4, 0.5) is 5.82 Å². The van der Waals surface area contributed by atoms with Crippen LogP contribution in [0, 0.1) is 0 Å². The normalized spacial score (nSPS) is 16.2. The molecule has 6 heteroatoms. The summed E-state index contributed by atoms with van der Waals surface area (Å²) in [6.07, 6.45) is 9.52. The predicted molar refractivity (Wildman–Crippen MR) is 77.4 cm³/mol. The molecule has 2 aromatic heterocycles. The van der Waals surface area contributed by atoms with Crippen molar-refractivity contribution in [3.05, 3.63) is 36.3 Å². The number of imidazole rings is 1. The first-order valence-electron chi connectivity index (χ1n) is 7.06. The highest BCUT2D eigenvalue weighted by Gasteiger charge is 2.20. The third-order valence-corrected chi connectivity index (χ3v) is 3.79. The smallest absolute Gasteiger partial charge is 0.148 e. The molecule has 106 valence electrons. The maximum atomic E-state index is 4.54. The highest BCUT2D eigenvalue weighted by atomic mass is 15.1. The number of anilines is 1. The summed E-state index contributed by atoms with van der Waals surface area (Å²) < 4.78 is 2.01. The van der Waals surface area contributed by atoms with E-state index in [1.807, 2.05) is 17.8 Å². The van der Waals surface area contributed by atoms with E-state index < -0.39 is 0 Å². The summed E-state index contributed by atoms with van der Waals surface area (Å²) in [6, 6.07) is 0. The molecule has 0 atom stereocenters. The molecule has 2 N–H and O–H groups in total. The minimum atomic E-state index is 0.494. The molecule has 0 saturated carbocycles. The average molecular weight is 272 g/mol. The van der Waals surface area contributed by atoms with E-state index in [9.17, 15) is 0 Å². The standard InChI is InChI=1S/C14H20N6/c1-20-9-8-16-12(20)10-19-14-13(17-6-7-18-14)11-2-4-15-5-3-11/h6-9,11,15H,2-5,10H2,1H3,(H,18,19). The molecule has 2 aromatic rings. The largest absolute Gasteiger partial charge is 0.361 e. The molecule has 0 bridgehead atoms. The number of aryl methyl sites for hydroxylation is 1. The lowest BCUT2D eigenvalue weighted by Crippen LogP contribution is -2.27. The van der Waals surface area contributed by atoms with Crippen LogP contribution < -0.4 is 10.6 Å². The SMILES string of the molecule is Cn1ccnc1CNc1nccnc1C1CCNCC1. The van der Waals surface area contributed by atoms with E-state index in [0.717, 1.165) is 43.3 Å². The molecule has 6 nitrogen and oxygen atoms in total. The van der Waals surface area contributed by atoms with Gasteiger partial charge in [-0.3, -0.25) is 4.98 Å². The van der Waals surface area contributed by atoms with Crippen molar-refractivity contribution in [1.82, 2.24) is 24.8 Å². The van der Waals surface area contributed by atoms with Crippen molar-refractivity contribution >= 4 is 5.82 Å². The van der Waals surface area contributed by atoms with E-state index in [-0.39, 0.29) is 0 Å². The van der Waals surface area contributed by atoms with E-state index >= 15 is 0 Å². The van der Waals surface area contributed by atoms with Gasteiger partial charge >= 0.3 is 0 Å². The topological polar surface area (TPSA) is 67.7 Å². The fraction of sp³-hybridized carbons (Fsp3) is 0.500. The van der Waals surface area contributed by atoms with Crippen LogP contribution >= 0.6 is 0 Å². The molecule has 3 heterocycles. The monoisotopic (exact) mass is 272 g/mol. The Kier molecular flexibility index (Phi) is 3.92. The highest BCUT2D eigenvalue weighted by Crippen LogP contribution is 2.27. The molecule has 1 aliphatic heterocycles. The summed E-state index contributed by atoms with van der Waals surface area (Å²) >= 11 is 0. The van der Waals surface area contributed by atoms with Gasteiger partial charge in [0.1, 0.15) is 11.6 Å². The Balaban J connectivity index is 1.74. The maximum absolute atomic E-state index is 4.54. The van der Waals surface area contributed by atoms with Crippen LogP contribution in [-0.2, 0) is 13.6 Å². The summed E-state index contributed by atoms with van der Waals surface area (Å²) in [6.45, 7) is 2.78. The van der Waals surface area contributed by atoms with E-state index in [1.165, 1.54) is 0 Å². The third kappa shape index (κ3) is 2.80. The van der Waals surface area contributed by atoms with Crippen LogP contribution in [-0.4, -0.2) is 32.6 Å². The van der Waals surface area contributed by atoms with E-state index in [0.29, 0.717) is 12.5 Å². The molecule has 1 aliphatic rings. The zero-order valence-corrected chi connectivity index (χ0v) is 11.7. The van der Waals surface area contributed by atoms with Crippen molar-refractivity contribution in [3.63, 3.8) is 0 Å². The Bertz CT molecular complexity index is 558. The fourth-order valence-corrected chi connectivity index (χ4v) is 2.61. The summed E-state index contributed by atoms with van der Waals surface area (Å²) in [5, 5.41) is 6.76. The maximum Gasteiger partial charge on any atom is 0.148 e. The molecule has 0 amide bonds. The van der Waals surface area contributed by atoms with Gasteiger partial charge in [-0.2, -0.15) is 0 Å². The van der Waals surface area contributed by atoms with Gasteiger partial charge in [-0.25, -0.2) is 9.97 Å². The first-order valence-corrected chi connectivity index (χ1v) is 7.06. The second-order valence-corrected chi connectivity index (χ2v) is 5.12. The van der Waals surface area contributed by atoms with Crippen molar-refractivity contribution in [2.75, 3.05) is 18.4 Å². The number of hydrogen-bond donors (Lipinski definition) is 2. The summed E-state index contributed by atoms with van der Waals surface area (Å²) in [5.74, 6) is 2.38. The number of rotatable bonds is 4. The van der Waals surface area contributed by atoms with Gasteiger partial charge in [-0.1, -0.05) is 0 Å². The molecule has 0 aromatic carbocycles. The fourth-order valence-electron chi connectivity index (χ4n) is 2.61. The lowest BCUT2D eigenvalue weighted by Gasteiger charge is -2.23. The minimum absolute atomic E-state index is 0.494. The van der Waals surface area contributed by atoms with Gasteiger partial charge in [0.15, 0.2) is 0 Å². The molecule has 0 aliphatic carbocycles. The van der Waals surface area contributed by atoms with Gasteiger partial charge in [0.05, 0.1) is 12.2 Å². The second-order valence-electron chi connectivity index (χ2n) is 5.12. The average Bonchev–Trinajstić information content (AvgIpc) is 2.92. The molecule has 1 fully saturated rings. The van der Waals surface area contributed by atoms with Gasteiger partial charge in [-0.15, -0.1) is 0 Å². The Morgan fingerprint density at radius 2 is 2.00 bits per heavy atom. The van der Waals surface area contributed by atoms with E-state index in [4.69, 9.17) is 0 Å². The number of piperidine rings is 1. The van der Waals surface area contributed by atoms with Crippen LogP contribution in [0.5, 0.6) is 0 Å². The molecule has 0 unspecified atom stereocenters. The van der Waals surface area contributed by atoms with Crippen molar-refractivity contribution in [2.45, 2.75) is 25.3 Å². The van der Waals surface area contributed by atoms with Crippen molar-refractivity contribution < 1.29 is 0 Å². The van der Waals surface area contributed by atoms with Crippen molar-refractivity contribution in [2.24, 2.45) is 7.05 Å². The Hall–Kier alpha value is -1.95. The first-order chi connectivity index (χ1) is 9.84. The summed E-state index contributed by atoms with van der Waals surface area (Å²) in [5.41, 5.74) is 1.09. The van der Waals surface area contributed by atoms with Crippen LogP contribution in [0.1, 0.15) is 30.3 Å². The van der Waals surface area contributed by atoms with Crippen molar-refractivity contribution in [1.29, 1.82) is 0 Å². The highest BCUT2D eigenvalue weighted by molar-refractivity contribution is 5.41. The summed E-state index contributed by atoms with van der Waals surface area (Å²) in [7, 11) is 1.99. The van der Waals surface area contributed by atoms with Gasteiger partial charge in [0.25, 0.3) is 0 Å². The number of hydrogen-bond acceptors (Lipinski definition) is 5. The summed E-state index contributed by atoms with van der Waals surface area (Å²) in [4.78, 5) is 13.3. The number of nitrogens with zero attached hydrogens (tertiary/aromatic N) is 4. The Labute approximate surface area is 118 Å². The predicted octanol–water partition coefficient (Wildman–Crippen LogP) is 1.29. The zero-order valence-electron chi connectivity index (χ0n) is 11.7. The molecular weight excluding hydrogens is 252 g/mol. The van der Waals surface area contributed by atoms with E-state index in [1.54, 1.807) is 18.6 Å². The molecule has 0 radical (unpaired) electrons. The zero-order chi connectivity index (χ0) is 13.8. The molecule has 3 rings (SSSR count). The lowest BCUT2D eigenvalue weighted by atomic mass is 9.94. The van der Waals surface area contributed by atoms with Gasteiger partial charge in [0.2, 0.25) is 0 Å². The molecular formula is C14H20N6. The van der Waals surface area contributed by atoms with Gasteiger partial charge < -0.3 is 15.2 Å². The minimum Gasteiger partial charge on any atom is -0.361 e. The van der Waals surface area contributed by atoms with Crippen LogP contribution in [0.25, 0.3) is 0 Å². The number of nitrogens with one attached hydrogen (secondary N) is 2. The van der Waals surface area contributed by atoms with Crippen LogP contribution in [0.3, 0.4) is 0 Å². The Morgan fingerprint density at radius 3 is 2.75 bits per heavy atom. The van der Waals surface area contributed by atoms with Crippen LogP contribution in [0.15, 0.2) is 24.8 Å². The second kappa shape index (κ2) is 6.00. The number of aromatic nitrogens is 4. The van der Waals surface area contributed by atoms with E-state index in [2.05, 4.69) is 25.6 Å². The Morgan fingerprint density at radius 1 is 1.20 bits per heavy atom. The quantitative estimate of drug-likeness (QED) is 0.878. The molecule has 20 heavy (non-hydrogen) atoms. The van der Waals surface area contributed by atoms with Crippen molar-refractivity contribution in [3.8, 4) is 0 Å². The first kappa shape index (κ1) is 13.1. The van der Waals surface area contributed by atoms with Gasteiger partial charge in [-0.05, 0) is 25.9 Å². The van der Waals surface area contributed by atoms with Crippen LogP contribution in [0.2, 0.25) is 0 Å². The molecule has 1 saturated heterocycles.